The van der Waals surface area contributed by atoms with Crippen LogP contribution in [0.15, 0.2) is 0 Å². The van der Waals surface area contributed by atoms with Crippen molar-refractivity contribution in [1.82, 2.24) is 15.1 Å². The molecular formula is C16H29N3O2. The van der Waals surface area contributed by atoms with Crippen LogP contribution in [-0.4, -0.2) is 60.4 Å². The minimum absolute atomic E-state index is 0.0428. The summed E-state index contributed by atoms with van der Waals surface area (Å²) in [5.74, 6) is 0.644. The van der Waals surface area contributed by atoms with E-state index in [9.17, 15) is 9.59 Å². The topological polar surface area (TPSA) is 52.7 Å². The summed E-state index contributed by atoms with van der Waals surface area (Å²) in [5, 5.41) is 3.60. The lowest BCUT2D eigenvalue weighted by molar-refractivity contribution is -0.139. The van der Waals surface area contributed by atoms with Gasteiger partial charge in [0.1, 0.15) is 0 Å². The molecule has 2 saturated heterocycles. The van der Waals surface area contributed by atoms with Crippen LogP contribution in [0.25, 0.3) is 0 Å². The summed E-state index contributed by atoms with van der Waals surface area (Å²) in [6.45, 7) is 5.55. The molecule has 2 fully saturated rings. The molecule has 0 saturated carbocycles. The highest BCUT2D eigenvalue weighted by Gasteiger charge is 2.34. The normalized spacial score (nSPS) is 27.5. The Kier molecular flexibility index (Phi) is 5.62. The lowest BCUT2D eigenvalue weighted by Crippen LogP contribution is -2.43. The monoisotopic (exact) mass is 295 g/mol. The number of hydrogen-bond donors (Lipinski definition) is 1. The van der Waals surface area contributed by atoms with E-state index in [1.807, 2.05) is 13.8 Å². The van der Waals surface area contributed by atoms with Crippen molar-refractivity contribution in [2.45, 2.75) is 58.0 Å². The largest absolute Gasteiger partial charge is 0.342 e. The van der Waals surface area contributed by atoms with Gasteiger partial charge in [-0.15, -0.1) is 0 Å². The number of nitrogens with zero attached hydrogens (tertiary/aromatic N) is 2. The van der Waals surface area contributed by atoms with Gasteiger partial charge in [0.2, 0.25) is 11.8 Å². The smallest absolute Gasteiger partial charge is 0.242 e. The lowest BCUT2D eigenvalue weighted by Gasteiger charge is -2.30. The maximum atomic E-state index is 12.3. The van der Waals surface area contributed by atoms with Crippen molar-refractivity contribution < 1.29 is 9.59 Å². The summed E-state index contributed by atoms with van der Waals surface area (Å²) in [6.07, 6.45) is 5.33. The molecular weight excluding hydrogens is 266 g/mol. The maximum Gasteiger partial charge on any atom is 0.242 e. The van der Waals surface area contributed by atoms with Gasteiger partial charge in [-0.2, -0.15) is 0 Å². The maximum absolute atomic E-state index is 12.3. The fourth-order valence-corrected chi connectivity index (χ4v) is 3.71. The molecule has 2 aliphatic rings. The predicted octanol–water partition coefficient (Wildman–Crippen LogP) is 1.23. The minimum atomic E-state index is 0.0428. The van der Waals surface area contributed by atoms with Gasteiger partial charge in [0, 0.05) is 38.6 Å². The number of carbonyl (C=O) groups is 2. The molecule has 21 heavy (non-hydrogen) atoms. The van der Waals surface area contributed by atoms with Crippen molar-refractivity contribution in [3.63, 3.8) is 0 Å². The van der Waals surface area contributed by atoms with Crippen LogP contribution in [-0.2, 0) is 9.59 Å². The second kappa shape index (κ2) is 7.25. The first-order valence-corrected chi connectivity index (χ1v) is 8.31. The van der Waals surface area contributed by atoms with Crippen molar-refractivity contribution in [2.75, 3.05) is 26.7 Å². The van der Waals surface area contributed by atoms with Crippen LogP contribution < -0.4 is 5.32 Å². The molecule has 2 heterocycles. The van der Waals surface area contributed by atoms with Crippen LogP contribution in [0.4, 0.5) is 0 Å². The Morgan fingerprint density at radius 2 is 1.62 bits per heavy atom. The number of piperidine rings is 1. The molecule has 0 radical (unpaired) electrons. The first-order valence-electron chi connectivity index (χ1n) is 8.31. The molecule has 0 aliphatic carbocycles. The van der Waals surface area contributed by atoms with Crippen LogP contribution in [0.1, 0.15) is 46.0 Å². The molecule has 2 rings (SSSR count). The van der Waals surface area contributed by atoms with E-state index >= 15 is 0 Å². The van der Waals surface area contributed by atoms with Gasteiger partial charge in [0.15, 0.2) is 0 Å². The summed E-state index contributed by atoms with van der Waals surface area (Å²) in [4.78, 5) is 27.7. The Morgan fingerprint density at radius 3 is 2.14 bits per heavy atom. The van der Waals surface area contributed by atoms with E-state index in [0.29, 0.717) is 37.5 Å². The molecule has 0 spiro atoms. The van der Waals surface area contributed by atoms with Crippen LogP contribution in [0.3, 0.4) is 0 Å². The first-order chi connectivity index (χ1) is 10.0. The quantitative estimate of drug-likeness (QED) is 0.802. The highest BCUT2D eigenvalue weighted by molar-refractivity contribution is 5.84. The first kappa shape index (κ1) is 16.3. The Balaban J connectivity index is 1.78. The molecule has 2 atom stereocenters. The molecule has 2 unspecified atom stereocenters. The summed E-state index contributed by atoms with van der Waals surface area (Å²) in [5.41, 5.74) is 0. The number of hydrogen-bond acceptors (Lipinski definition) is 3. The van der Waals surface area contributed by atoms with Gasteiger partial charge < -0.3 is 15.1 Å². The van der Waals surface area contributed by atoms with E-state index < -0.39 is 0 Å². The minimum Gasteiger partial charge on any atom is -0.342 e. The summed E-state index contributed by atoms with van der Waals surface area (Å²) in [7, 11) is 1.75. The van der Waals surface area contributed by atoms with Crippen molar-refractivity contribution in [3.8, 4) is 0 Å². The summed E-state index contributed by atoms with van der Waals surface area (Å²) < 4.78 is 0. The van der Waals surface area contributed by atoms with E-state index in [2.05, 4.69) is 5.32 Å². The number of amides is 2. The molecule has 0 aromatic carbocycles. The third kappa shape index (κ3) is 4.19. The van der Waals surface area contributed by atoms with Crippen molar-refractivity contribution >= 4 is 11.8 Å². The zero-order valence-corrected chi connectivity index (χ0v) is 13.6. The fourth-order valence-electron chi connectivity index (χ4n) is 3.71. The molecule has 5 heteroatoms. The van der Waals surface area contributed by atoms with E-state index in [4.69, 9.17) is 0 Å². The molecule has 0 aromatic heterocycles. The Labute approximate surface area is 128 Å². The third-order valence-corrected chi connectivity index (χ3v) is 4.95. The van der Waals surface area contributed by atoms with Crippen molar-refractivity contribution in [3.05, 3.63) is 0 Å². The molecule has 2 aliphatic heterocycles. The van der Waals surface area contributed by atoms with Gasteiger partial charge in [-0.25, -0.2) is 0 Å². The van der Waals surface area contributed by atoms with Gasteiger partial charge >= 0.3 is 0 Å². The van der Waals surface area contributed by atoms with E-state index in [0.717, 1.165) is 12.8 Å². The van der Waals surface area contributed by atoms with E-state index in [1.165, 1.54) is 12.8 Å². The van der Waals surface area contributed by atoms with Gasteiger partial charge in [-0.3, -0.25) is 9.59 Å². The molecule has 2 amide bonds. The second-order valence-electron chi connectivity index (χ2n) is 6.50. The third-order valence-electron chi connectivity index (χ3n) is 4.95. The Morgan fingerprint density at radius 1 is 1.05 bits per heavy atom. The second-order valence-corrected chi connectivity index (χ2v) is 6.50. The van der Waals surface area contributed by atoms with Crippen LogP contribution in [0.2, 0.25) is 0 Å². The molecule has 0 aromatic rings. The molecule has 120 valence electrons. The van der Waals surface area contributed by atoms with Gasteiger partial charge in [-0.1, -0.05) is 0 Å². The number of nitrogens with one attached hydrogen (secondary N) is 1. The van der Waals surface area contributed by atoms with Crippen LogP contribution >= 0.6 is 0 Å². The fraction of sp³-hybridized carbons (Fsp3) is 0.875. The zero-order chi connectivity index (χ0) is 15.4. The summed E-state index contributed by atoms with van der Waals surface area (Å²) in [6, 6.07) is 1.23. The molecule has 2 bridgehead atoms. The highest BCUT2D eigenvalue weighted by atomic mass is 16.2. The van der Waals surface area contributed by atoms with Crippen LogP contribution in [0.5, 0.6) is 0 Å². The van der Waals surface area contributed by atoms with Gasteiger partial charge in [0.05, 0.1) is 6.54 Å². The predicted molar refractivity (Wildman–Crippen MR) is 82.9 cm³/mol. The van der Waals surface area contributed by atoms with Crippen molar-refractivity contribution in [2.24, 2.45) is 5.92 Å². The van der Waals surface area contributed by atoms with Gasteiger partial charge in [0.25, 0.3) is 0 Å². The zero-order valence-electron chi connectivity index (χ0n) is 13.6. The average Bonchev–Trinajstić information content (AvgIpc) is 2.79. The summed E-state index contributed by atoms with van der Waals surface area (Å²) >= 11 is 0. The number of likely N-dealkylation sites (N-methyl/N-ethyl adjacent to an activating group) is 2. The number of fused-ring (bicyclic) bond motifs is 2. The molecule has 5 nitrogen and oxygen atoms in total. The lowest BCUT2D eigenvalue weighted by atomic mass is 9.89. The highest BCUT2D eigenvalue weighted by Crippen LogP contribution is 2.32. The van der Waals surface area contributed by atoms with Crippen molar-refractivity contribution in [1.29, 1.82) is 0 Å². The number of rotatable bonds is 6. The van der Waals surface area contributed by atoms with Crippen LogP contribution in [0, 0.1) is 5.92 Å². The van der Waals surface area contributed by atoms with E-state index in [1.54, 1.807) is 16.8 Å². The van der Waals surface area contributed by atoms with Gasteiger partial charge in [-0.05, 0) is 45.4 Å². The molecule has 1 N–H and O–H groups in total. The SMILES string of the molecule is CCN(CC)C(=O)CN(C)C(=O)CC1CC2CCC(C1)N2. The van der Waals surface area contributed by atoms with E-state index in [-0.39, 0.29) is 18.4 Å². The number of carbonyl (C=O) groups excluding carboxylic acids is 2. The Hall–Kier alpha value is -1.10. The standard InChI is InChI=1S/C16H29N3O2/c1-4-19(5-2)16(21)11-18(3)15(20)10-12-8-13-6-7-14(9-12)17-13/h12-14,17H,4-11H2,1-3H3. The average molecular weight is 295 g/mol. The Bertz CT molecular complexity index is 370.